The van der Waals surface area contributed by atoms with Gasteiger partial charge >= 0.3 is 0 Å². The largest absolute Gasteiger partial charge is 0.352 e. The van der Waals surface area contributed by atoms with Crippen LogP contribution in [0.15, 0.2) is 0 Å². The Balaban J connectivity index is 3.71. The van der Waals surface area contributed by atoms with Crippen LogP contribution < -0.4 is 11.1 Å². The first kappa shape index (κ1) is 13.4. The van der Waals surface area contributed by atoms with Gasteiger partial charge in [0.05, 0.1) is 0 Å². The molecule has 0 aromatic heterocycles. The van der Waals surface area contributed by atoms with E-state index in [2.05, 4.69) is 10.2 Å². The summed E-state index contributed by atoms with van der Waals surface area (Å²) in [4.78, 5) is 13.5. The lowest BCUT2D eigenvalue weighted by molar-refractivity contribution is -0.122. The molecule has 3 N–H and O–H groups in total. The monoisotopic (exact) mass is 201 g/mol. The van der Waals surface area contributed by atoms with Crippen LogP contribution in [0.25, 0.3) is 0 Å². The van der Waals surface area contributed by atoms with Crippen LogP contribution in [-0.4, -0.2) is 44.0 Å². The standard InChI is InChI=1S/C10H23N3O/c1-8(6-11)5-10(14)12-9(2)7-13(3)4/h8-9H,5-7,11H2,1-4H3,(H,12,14). The highest BCUT2D eigenvalue weighted by atomic mass is 16.1. The van der Waals surface area contributed by atoms with E-state index in [1.165, 1.54) is 0 Å². The second-order valence-electron chi connectivity index (χ2n) is 4.28. The molecule has 0 heterocycles. The van der Waals surface area contributed by atoms with Crippen molar-refractivity contribution >= 4 is 5.91 Å². The summed E-state index contributed by atoms with van der Waals surface area (Å²) in [5, 5.41) is 2.94. The van der Waals surface area contributed by atoms with Gasteiger partial charge in [0.1, 0.15) is 0 Å². The van der Waals surface area contributed by atoms with Gasteiger partial charge in [0.15, 0.2) is 0 Å². The zero-order valence-electron chi connectivity index (χ0n) is 9.71. The lowest BCUT2D eigenvalue weighted by Crippen LogP contribution is -2.40. The van der Waals surface area contributed by atoms with E-state index in [1.54, 1.807) is 0 Å². The topological polar surface area (TPSA) is 58.4 Å². The van der Waals surface area contributed by atoms with Crippen molar-refractivity contribution in [2.45, 2.75) is 26.3 Å². The van der Waals surface area contributed by atoms with Crippen molar-refractivity contribution in [2.75, 3.05) is 27.2 Å². The van der Waals surface area contributed by atoms with Crippen molar-refractivity contribution in [1.82, 2.24) is 10.2 Å². The molecular weight excluding hydrogens is 178 g/mol. The fraction of sp³-hybridized carbons (Fsp3) is 0.900. The van der Waals surface area contributed by atoms with E-state index in [-0.39, 0.29) is 17.9 Å². The summed E-state index contributed by atoms with van der Waals surface area (Å²) < 4.78 is 0. The fourth-order valence-corrected chi connectivity index (χ4v) is 1.33. The number of likely N-dealkylation sites (N-methyl/N-ethyl adjacent to an activating group) is 1. The zero-order valence-corrected chi connectivity index (χ0v) is 9.71. The van der Waals surface area contributed by atoms with Gasteiger partial charge in [0.2, 0.25) is 5.91 Å². The molecule has 84 valence electrons. The third kappa shape index (κ3) is 6.86. The Morgan fingerprint density at radius 3 is 2.43 bits per heavy atom. The van der Waals surface area contributed by atoms with Crippen LogP contribution in [0.3, 0.4) is 0 Å². The van der Waals surface area contributed by atoms with Gasteiger partial charge in [-0.2, -0.15) is 0 Å². The number of amides is 1. The summed E-state index contributed by atoms with van der Waals surface area (Å²) in [5.74, 6) is 0.360. The van der Waals surface area contributed by atoms with E-state index in [0.717, 1.165) is 6.54 Å². The molecule has 1 amide bonds. The summed E-state index contributed by atoms with van der Waals surface area (Å²) in [7, 11) is 3.98. The molecule has 14 heavy (non-hydrogen) atoms. The van der Waals surface area contributed by atoms with Gasteiger partial charge < -0.3 is 16.0 Å². The highest BCUT2D eigenvalue weighted by molar-refractivity contribution is 5.76. The number of carbonyl (C=O) groups excluding carboxylic acids is 1. The first-order valence-corrected chi connectivity index (χ1v) is 5.09. The molecule has 0 fully saturated rings. The second kappa shape index (κ2) is 6.79. The Labute approximate surface area is 86.8 Å². The normalized spacial score (nSPS) is 15.3. The number of nitrogens with one attached hydrogen (secondary N) is 1. The van der Waals surface area contributed by atoms with Gasteiger partial charge in [-0.1, -0.05) is 6.92 Å². The summed E-state index contributed by atoms with van der Waals surface area (Å²) in [5.41, 5.74) is 5.44. The van der Waals surface area contributed by atoms with Crippen molar-refractivity contribution in [2.24, 2.45) is 11.7 Å². The Morgan fingerprint density at radius 2 is 2.00 bits per heavy atom. The highest BCUT2D eigenvalue weighted by Crippen LogP contribution is 1.98. The van der Waals surface area contributed by atoms with Crippen molar-refractivity contribution < 1.29 is 4.79 Å². The fourth-order valence-electron chi connectivity index (χ4n) is 1.33. The van der Waals surface area contributed by atoms with E-state index in [9.17, 15) is 4.79 Å². The molecule has 2 atom stereocenters. The Hall–Kier alpha value is -0.610. The van der Waals surface area contributed by atoms with Gasteiger partial charge in [0.25, 0.3) is 0 Å². The number of nitrogens with two attached hydrogens (primary N) is 1. The van der Waals surface area contributed by atoms with E-state index >= 15 is 0 Å². The first-order chi connectivity index (χ1) is 6.45. The highest BCUT2D eigenvalue weighted by Gasteiger charge is 2.10. The minimum atomic E-state index is 0.0947. The maximum Gasteiger partial charge on any atom is 0.220 e. The molecule has 0 saturated carbocycles. The average Bonchev–Trinajstić information content (AvgIpc) is 2.01. The van der Waals surface area contributed by atoms with E-state index in [1.807, 2.05) is 27.9 Å². The molecule has 4 nitrogen and oxygen atoms in total. The van der Waals surface area contributed by atoms with E-state index in [0.29, 0.717) is 13.0 Å². The minimum Gasteiger partial charge on any atom is -0.352 e. The van der Waals surface area contributed by atoms with Crippen molar-refractivity contribution in [3.63, 3.8) is 0 Å². The molecule has 0 saturated heterocycles. The predicted molar refractivity (Wildman–Crippen MR) is 59.0 cm³/mol. The number of hydrogen-bond donors (Lipinski definition) is 2. The average molecular weight is 201 g/mol. The molecule has 0 rings (SSSR count). The van der Waals surface area contributed by atoms with Crippen LogP contribution in [0, 0.1) is 5.92 Å². The maximum atomic E-state index is 11.4. The molecular formula is C10H23N3O. The summed E-state index contributed by atoms with van der Waals surface area (Å²) in [6.07, 6.45) is 0.522. The SMILES string of the molecule is CC(CN)CC(=O)NC(C)CN(C)C. The second-order valence-corrected chi connectivity index (χ2v) is 4.28. The molecule has 0 radical (unpaired) electrons. The van der Waals surface area contributed by atoms with Crippen LogP contribution in [0.2, 0.25) is 0 Å². The Kier molecular flexibility index (Phi) is 6.49. The smallest absolute Gasteiger partial charge is 0.220 e. The van der Waals surface area contributed by atoms with Crippen LogP contribution in [0.5, 0.6) is 0 Å². The number of hydrogen-bond acceptors (Lipinski definition) is 3. The molecule has 2 unspecified atom stereocenters. The Morgan fingerprint density at radius 1 is 1.43 bits per heavy atom. The molecule has 0 aliphatic rings. The van der Waals surface area contributed by atoms with Crippen molar-refractivity contribution in [3.05, 3.63) is 0 Å². The first-order valence-electron chi connectivity index (χ1n) is 5.09. The van der Waals surface area contributed by atoms with E-state index in [4.69, 9.17) is 5.73 Å². The lowest BCUT2D eigenvalue weighted by Gasteiger charge is -2.19. The molecule has 0 aliphatic heterocycles. The van der Waals surface area contributed by atoms with E-state index < -0.39 is 0 Å². The number of rotatable bonds is 6. The molecule has 0 aromatic carbocycles. The summed E-state index contributed by atoms with van der Waals surface area (Å²) in [6, 6.07) is 0.197. The van der Waals surface area contributed by atoms with Crippen LogP contribution >= 0.6 is 0 Å². The number of nitrogens with zero attached hydrogens (tertiary/aromatic N) is 1. The molecule has 4 heteroatoms. The van der Waals surface area contributed by atoms with Crippen LogP contribution in [-0.2, 0) is 4.79 Å². The van der Waals surface area contributed by atoms with Gasteiger partial charge in [0, 0.05) is 19.0 Å². The minimum absolute atomic E-state index is 0.0947. The van der Waals surface area contributed by atoms with Gasteiger partial charge in [-0.25, -0.2) is 0 Å². The zero-order chi connectivity index (χ0) is 11.1. The quantitative estimate of drug-likeness (QED) is 0.638. The predicted octanol–water partition coefficient (Wildman–Crippen LogP) is 0.0376. The third-order valence-electron chi connectivity index (χ3n) is 1.98. The molecule has 0 aromatic rings. The summed E-state index contributed by atoms with van der Waals surface area (Å²) in [6.45, 7) is 5.42. The van der Waals surface area contributed by atoms with Crippen LogP contribution in [0.1, 0.15) is 20.3 Å². The van der Waals surface area contributed by atoms with Crippen LogP contribution in [0.4, 0.5) is 0 Å². The van der Waals surface area contributed by atoms with Crippen molar-refractivity contribution in [1.29, 1.82) is 0 Å². The van der Waals surface area contributed by atoms with Crippen molar-refractivity contribution in [3.8, 4) is 0 Å². The van der Waals surface area contributed by atoms with Gasteiger partial charge in [-0.3, -0.25) is 4.79 Å². The summed E-state index contributed by atoms with van der Waals surface area (Å²) >= 11 is 0. The molecule has 0 spiro atoms. The third-order valence-corrected chi connectivity index (χ3v) is 1.98. The lowest BCUT2D eigenvalue weighted by atomic mass is 10.1. The Bertz CT molecular complexity index is 171. The molecule has 0 bridgehead atoms. The maximum absolute atomic E-state index is 11.4. The molecule has 0 aliphatic carbocycles. The number of carbonyl (C=O) groups is 1. The van der Waals surface area contributed by atoms with Gasteiger partial charge in [-0.05, 0) is 33.5 Å². The van der Waals surface area contributed by atoms with Gasteiger partial charge in [-0.15, -0.1) is 0 Å².